The third-order valence-corrected chi connectivity index (χ3v) is 25.9. The Hall–Kier alpha value is -9.20. The van der Waals surface area contributed by atoms with Crippen molar-refractivity contribution in [1.82, 2.24) is 60.0 Å². The number of hydrogen-bond acceptors (Lipinski definition) is 10. The van der Waals surface area contributed by atoms with Gasteiger partial charge in [0.1, 0.15) is 5.75 Å². The van der Waals surface area contributed by atoms with Crippen LogP contribution < -0.4 is 20.7 Å². The molecule has 9 amide bonds. The summed E-state index contributed by atoms with van der Waals surface area (Å²) in [6.45, 7) is 29.9. The van der Waals surface area contributed by atoms with E-state index in [1.807, 2.05) is 96.1 Å². The summed E-state index contributed by atoms with van der Waals surface area (Å²) in [6.07, 6.45) is -4.59. The predicted molar refractivity (Wildman–Crippen MR) is 446 cm³/mol. The molecule has 0 bridgehead atoms. The number of nitrogens with zero attached hydrogens (tertiary/aromatic N) is 9. The van der Waals surface area contributed by atoms with Gasteiger partial charge in [0.15, 0.2) is 0 Å². The van der Waals surface area contributed by atoms with Gasteiger partial charge in [-0.15, -0.1) is 13.2 Å². The molecule has 3 unspecified atom stereocenters. The van der Waals surface area contributed by atoms with E-state index >= 15 is 4.79 Å². The van der Waals surface area contributed by atoms with Crippen molar-refractivity contribution >= 4 is 35.8 Å². The first-order valence-corrected chi connectivity index (χ1v) is 42.4. The van der Waals surface area contributed by atoms with Crippen molar-refractivity contribution in [1.29, 1.82) is 0 Å². The molecule has 12 rings (SSSR count). The molecule has 0 radical (unpaired) electrons. The van der Waals surface area contributed by atoms with E-state index in [0.717, 1.165) is 45.5 Å². The smallest absolute Gasteiger partial charge is 0.406 e. The number of amides is 9. The van der Waals surface area contributed by atoms with Crippen LogP contribution in [0.2, 0.25) is 0 Å². The second-order valence-corrected chi connectivity index (χ2v) is 36.9. The number of hydrogen-bond donors (Lipinski definition) is 3. The maximum absolute atomic E-state index is 15.2. The van der Waals surface area contributed by atoms with Crippen LogP contribution in [0.25, 0.3) is 0 Å². The van der Waals surface area contributed by atoms with Crippen molar-refractivity contribution in [3.05, 3.63) is 208 Å². The van der Waals surface area contributed by atoms with Gasteiger partial charge in [0.25, 0.3) is 0 Å². The van der Waals surface area contributed by atoms with Crippen LogP contribution in [0.3, 0.4) is 0 Å². The quantitative estimate of drug-likeness (QED) is 0.0588. The average Bonchev–Trinajstić information content (AvgIpc) is 0.773. The van der Waals surface area contributed by atoms with Crippen LogP contribution >= 0.6 is 0 Å². The molecule has 0 spiro atoms. The lowest BCUT2D eigenvalue weighted by Crippen LogP contribution is -2.63. The molecule has 6 aromatic rings. The molecule has 0 aromatic heterocycles. The molecule has 0 aliphatic carbocycles. The van der Waals surface area contributed by atoms with Crippen LogP contribution in [0.4, 0.5) is 40.7 Å². The van der Waals surface area contributed by atoms with E-state index in [1.54, 1.807) is 31.2 Å². The summed E-state index contributed by atoms with van der Waals surface area (Å²) in [5, 5.41) is 10.1. The molecular weight excluding hydrogens is 1510 g/mol. The highest BCUT2D eigenvalue weighted by Crippen LogP contribution is 2.43. The van der Waals surface area contributed by atoms with Crippen LogP contribution in [0.5, 0.6) is 5.75 Å². The van der Waals surface area contributed by atoms with Crippen molar-refractivity contribution in [2.24, 2.45) is 16.2 Å². The average molecular weight is 1630 g/mol. The van der Waals surface area contributed by atoms with Crippen LogP contribution in [0.15, 0.2) is 164 Å². The number of piperazine rings is 3. The number of urea groups is 3. The molecule has 6 saturated heterocycles. The highest BCUT2D eigenvalue weighted by atomic mass is 19.4. The molecule has 25 heteroatoms. The standard InChI is InChI=1S/C93H122F6N12O7/c1-64(112)103-49-41-73(42-50-103)101-86(116)110-59-56-107(83(66-23-17-13-18-24-66)68-27-33-71(34-28-68)88(2,3)4)62-78(110)90(8,9)47-39-81(114)105-53-45-75(46-54-105)102-87(117)111-60-57-108(84(67-25-19-14-20-26-67)70-31-37-76(38-32-70)118-93(97,98)99)63-79(111)91(10,11)48-40-80(113)104-51-43-74(44-52-104)100-85(115)109-58-55-106(61-77(109)89(5,6)7)82(65-21-15-12-16-22-65)69-29-35-72(36-30-69)92(94,95)96/h12-38,73-75,77-79,82-84H,39-63H2,1-11H3,(H,100,115)(H,101,116)(H,102,117)/t77-,78-,79-,82?,83?,84?/m1/s1. The molecule has 6 heterocycles. The van der Waals surface area contributed by atoms with E-state index in [2.05, 4.69) is 153 Å². The van der Waals surface area contributed by atoms with Gasteiger partial charge in [-0.05, 0) is 136 Å². The number of likely N-dealkylation sites (tertiary alicyclic amines) is 3. The minimum absolute atomic E-state index is 0.00823. The number of alkyl halides is 6. The third kappa shape index (κ3) is 22.1. The van der Waals surface area contributed by atoms with Gasteiger partial charge in [-0.2, -0.15) is 13.2 Å². The van der Waals surface area contributed by atoms with Gasteiger partial charge in [0.05, 0.1) is 41.8 Å². The molecule has 6 aromatic carbocycles. The van der Waals surface area contributed by atoms with Gasteiger partial charge in [0.2, 0.25) is 17.7 Å². The Labute approximate surface area is 693 Å². The number of benzene rings is 6. The van der Waals surface area contributed by atoms with Gasteiger partial charge in [-0.25, -0.2) is 14.4 Å². The van der Waals surface area contributed by atoms with Crippen LogP contribution in [-0.4, -0.2) is 221 Å². The zero-order valence-corrected chi connectivity index (χ0v) is 70.6. The van der Waals surface area contributed by atoms with Crippen molar-refractivity contribution in [2.75, 3.05) is 98.2 Å². The van der Waals surface area contributed by atoms with Crippen LogP contribution in [0, 0.1) is 16.2 Å². The van der Waals surface area contributed by atoms with E-state index in [-0.39, 0.29) is 114 Å². The maximum Gasteiger partial charge on any atom is 0.573 e. The van der Waals surface area contributed by atoms with Crippen LogP contribution in [-0.2, 0) is 26.0 Å². The Bertz CT molecular complexity index is 4330. The highest BCUT2D eigenvalue weighted by Gasteiger charge is 2.48. The maximum atomic E-state index is 15.2. The number of ether oxygens (including phenoxy) is 1. The summed E-state index contributed by atoms with van der Waals surface area (Å²) >= 11 is 0. The fraction of sp³-hybridized carbons (Fsp3) is 0.548. The van der Waals surface area contributed by atoms with Crippen LogP contribution in [0.1, 0.15) is 203 Å². The van der Waals surface area contributed by atoms with Gasteiger partial charge in [0, 0.05) is 136 Å². The van der Waals surface area contributed by atoms with Gasteiger partial charge >= 0.3 is 30.6 Å². The number of carbonyl (C=O) groups is 6. The molecule has 118 heavy (non-hydrogen) atoms. The number of halogens is 6. The summed E-state index contributed by atoms with van der Waals surface area (Å²) in [5.74, 6) is -0.353. The Morgan fingerprint density at radius 2 is 0.669 bits per heavy atom. The third-order valence-electron chi connectivity index (χ3n) is 25.9. The monoisotopic (exact) mass is 1630 g/mol. The lowest BCUT2D eigenvalue weighted by Gasteiger charge is -2.51. The first-order chi connectivity index (χ1) is 55.9. The molecule has 6 fully saturated rings. The van der Waals surface area contributed by atoms with Gasteiger partial charge in [-0.1, -0.05) is 209 Å². The Morgan fingerprint density at radius 3 is 0.975 bits per heavy atom. The van der Waals surface area contributed by atoms with E-state index in [9.17, 15) is 50.3 Å². The fourth-order valence-corrected chi connectivity index (χ4v) is 18.7. The highest BCUT2D eigenvalue weighted by molar-refractivity contribution is 5.79. The lowest BCUT2D eigenvalue weighted by molar-refractivity contribution is -0.274. The van der Waals surface area contributed by atoms with E-state index in [1.165, 1.54) is 17.7 Å². The molecule has 6 aliphatic rings. The van der Waals surface area contributed by atoms with Gasteiger partial charge < -0.3 is 50.1 Å². The summed E-state index contributed by atoms with van der Waals surface area (Å²) in [6, 6.07) is 47.1. The number of rotatable bonds is 21. The Balaban J connectivity index is 0.696. The molecule has 6 aliphatic heterocycles. The van der Waals surface area contributed by atoms with E-state index in [0.29, 0.717) is 143 Å². The first-order valence-electron chi connectivity index (χ1n) is 42.4. The zero-order chi connectivity index (χ0) is 84.7. The Kier molecular flexibility index (Phi) is 27.8. The molecule has 19 nitrogen and oxygen atoms in total. The Morgan fingerprint density at radius 1 is 0.373 bits per heavy atom. The number of piperidine rings is 3. The molecule has 6 atom stereocenters. The largest absolute Gasteiger partial charge is 0.573 e. The fourth-order valence-electron chi connectivity index (χ4n) is 18.7. The minimum atomic E-state index is -4.88. The molecule has 3 N–H and O–H groups in total. The first kappa shape index (κ1) is 88.1. The minimum Gasteiger partial charge on any atom is -0.406 e. The second-order valence-electron chi connectivity index (χ2n) is 36.9. The zero-order valence-electron chi connectivity index (χ0n) is 70.6. The predicted octanol–water partition coefficient (Wildman–Crippen LogP) is 16.3. The van der Waals surface area contributed by atoms with Crippen molar-refractivity contribution < 1.29 is 59.8 Å². The second kappa shape index (κ2) is 37.2. The molecular formula is C93H122F6N12O7. The summed E-state index contributed by atoms with van der Waals surface area (Å²) in [5.41, 5.74) is 4.50. The van der Waals surface area contributed by atoms with Crippen molar-refractivity contribution in [3.63, 3.8) is 0 Å². The van der Waals surface area contributed by atoms with E-state index in [4.69, 9.17) is 0 Å². The summed E-state index contributed by atoms with van der Waals surface area (Å²) in [4.78, 5) is 104. The lowest BCUT2D eigenvalue weighted by atomic mass is 9.77. The molecule has 0 saturated carbocycles. The van der Waals surface area contributed by atoms with Crippen molar-refractivity contribution in [3.8, 4) is 5.75 Å². The van der Waals surface area contributed by atoms with Gasteiger partial charge in [-0.3, -0.25) is 29.1 Å². The molecule has 638 valence electrons. The van der Waals surface area contributed by atoms with E-state index < -0.39 is 41.0 Å². The number of carbonyl (C=O) groups excluding carboxylic acids is 6. The SMILES string of the molecule is CC(=O)N1CCC(NC(=O)N2CCN(C(c3ccccc3)c3ccc(C(C)(C)C)cc3)C[C@@H]2C(C)(C)CCC(=O)N2CCC(NC(=O)N3CCN(C(c4ccccc4)c4ccc(OC(F)(F)F)cc4)C[C@@H]3C(C)(C)CCC(=O)N3CCC(NC(=O)N4CCN(C(c5ccccc5)c5ccc(C(F)(F)F)cc5)C[C@@H]4C(C)(C)C)CC3)CC2)CC1. The normalized spacial score (nSPS) is 20.7. The topological polar surface area (TPSA) is 177 Å². The summed E-state index contributed by atoms with van der Waals surface area (Å²) < 4.78 is 86.0. The summed E-state index contributed by atoms with van der Waals surface area (Å²) in [7, 11) is 0. The number of nitrogens with one attached hydrogen (secondary N) is 3. The van der Waals surface area contributed by atoms with Crippen molar-refractivity contribution in [2.45, 2.75) is 213 Å².